The molecule has 218 valence electrons. The molecule has 7 aromatic rings. The summed E-state index contributed by atoms with van der Waals surface area (Å²) in [5.74, 6) is 1.23. The second-order valence-corrected chi connectivity index (χ2v) is 9.69. The zero-order valence-electron chi connectivity index (χ0n) is 23.4. The van der Waals surface area contributed by atoms with E-state index in [2.05, 4.69) is 33.1 Å². The van der Waals surface area contributed by atoms with Gasteiger partial charge in [-0.05, 0) is 23.1 Å². The van der Waals surface area contributed by atoms with Crippen molar-refractivity contribution in [2.24, 2.45) is 0 Å². The number of hydrogen-bond acceptors (Lipinski definition) is 5. The van der Waals surface area contributed by atoms with Crippen LogP contribution in [-0.4, -0.2) is 26.4 Å². The molecule has 7 rings (SSSR count). The van der Waals surface area contributed by atoms with Gasteiger partial charge in [-0.25, -0.2) is 9.37 Å². The minimum absolute atomic E-state index is 0. The molecule has 10 heteroatoms. The van der Waals surface area contributed by atoms with E-state index in [1.54, 1.807) is 18.2 Å². The summed E-state index contributed by atoms with van der Waals surface area (Å²) in [5, 5.41) is 16.1. The van der Waals surface area contributed by atoms with Crippen molar-refractivity contribution >= 4 is 27.6 Å². The molecule has 3 aromatic heterocycles. The van der Waals surface area contributed by atoms with Crippen molar-refractivity contribution in [2.45, 2.75) is 0 Å². The maximum absolute atomic E-state index is 14.2. The van der Waals surface area contributed by atoms with Crippen LogP contribution in [0.15, 0.2) is 97.2 Å². The first-order valence-corrected chi connectivity index (χ1v) is 13.4. The number of methoxy groups -OCH3 is 1. The van der Waals surface area contributed by atoms with Crippen LogP contribution in [0, 0.1) is 35.9 Å². The van der Waals surface area contributed by atoms with Crippen molar-refractivity contribution in [3.05, 3.63) is 132 Å². The molecule has 0 aliphatic rings. The Morgan fingerprint density at radius 1 is 0.933 bits per heavy atom. The molecular formula is C35H19FN6O2Pd. The van der Waals surface area contributed by atoms with E-state index in [1.807, 2.05) is 65.2 Å². The van der Waals surface area contributed by atoms with Crippen LogP contribution in [0.4, 0.5) is 10.2 Å². The van der Waals surface area contributed by atoms with E-state index in [4.69, 9.17) is 16.0 Å². The van der Waals surface area contributed by atoms with E-state index in [1.165, 1.54) is 30.1 Å². The molecule has 4 aromatic carbocycles. The van der Waals surface area contributed by atoms with Gasteiger partial charge in [0.25, 0.3) is 5.82 Å². The summed E-state index contributed by atoms with van der Waals surface area (Å²) in [4.78, 5) is 8.12. The molecule has 0 bridgehead atoms. The van der Waals surface area contributed by atoms with Gasteiger partial charge in [0.05, 0.1) is 7.11 Å². The van der Waals surface area contributed by atoms with E-state index in [-0.39, 0.29) is 37.7 Å². The molecule has 0 spiro atoms. The summed E-state index contributed by atoms with van der Waals surface area (Å²) >= 11 is 0. The van der Waals surface area contributed by atoms with Gasteiger partial charge >= 0.3 is 20.4 Å². The standard InChI is InChI=1S/C35H19FN6O2.Pd/c1-38-35-34(22-8-4-3-5-9-22)30(21-37)40-42(35)24-17-26(43-2)19-27(18-24)44-25-12-13-29-28-10-6-7-11-31(28)41(32(29)20-25)33-16-23(36)14-15-39-33;/h3-17,19H,2H3;/q-2;+2. The van der Waals surface area contributed by atoms with Crippen molar-refractivity contribution in [2.75, 3.05) is 7.11 Å². The number of nitriles is 1. The van der Waals surface area contributed by atoms with Gasteiger partial charge in [0.2, 0.25) is 0 Å². The summed E-state index contributed by atoms with van der Waals surface area (Å²) in [7, 11) is 1.51. The summed E-state index contributed by atoms with van der Waals surface area (Å²) in [6.07, 6.45) is 1.42. The normalized spacial score (nSPS) is 10.7. The average Bonchev–Trinajstić information content (AvgIpc) is 3.60. The minimum atomic E-state index is -0.403. The van der Waals surface area contributed by atoms with Crippen LogP contribution in [-0.2, 0) is 20.4 Å². The average molecular weight is 681 g/mol. The second-order valence-electron chi connectivity index (χ2n) is 9.69. The van der Waals surface area contributed by atoms with Gasteiger partial charge in [-0.15, -0.1) is 17.5 Å². The van der Waals surface area contributed by atoms with Gasteiger partial charge < -0.3 is 18.9 Å². The van der Waals surface area contributed by atoms with Crippen LogP contribution in [0.1, 0.15) is 5.69 Å². The topological polar surface area (TPSA) is 82.3 Å². The number of halogens is 1. The van der Waals surface area contributed by atoms with Crippen LogP contribution in [0.2, 0.25) is 0 Å². The first-order chi connectivity index (χ1) is 21.6. The molecule has 0 N–H and O–H groups in total. The smallest absolute Gasteiger partial charge is 0.522 e. The van der Waals surface area contributed by atoms with Crippen LogP contribution < -0.4 is 9.47 Å². The molecule has 0 unspecified atom stereocenters. The molecule has 0 saturated heterocycles. The zero-order chi connectivity index (χ0) is 30.2. The van der Waals surface area contributed by atoms with Crippen molar-refractivity contribution in [3.63, 3.8) is 0 Å². The number of benzene rings is 4. The van der Waals surface area contributed by atoms with Crippen molar-refractivity contribution in [3.8, 4) is 45.9 Å². The third-order valence-electron chi connectivity index (χ3n) is 7.12. The van der Waals surface area contributed by atoms with Gasteiger partial charge in [0.15, 0.2) is 5.69 Å². The van der Waals surface area contributed by atoms with Crippen molar-refractivity contribution in [1.29, 1.82) is 5.26 Å². The Kier molecular flexibility index (Phi) is 7.86. The zero-order valence-corrected chi connectivity index (χ0v) is 25.0. The van der Waals surface area contributed by atoms with Crippen molar-refractivity contribution in [1.82, 2.24) is 19.3 Å². The Morgan fingerprint density at radius 3 is 2.49 bits per heavy atom. The quantitative estimate of drug-likeness (QED) is 0.131. The molecule has 0 aliphatic heterocycles. The SMILES string of the molecule is [C-]#[N+]c1c(-c2ccccc2)c(C#N)nn1-c1[c-]c(Oc2[c-]c3c(cc2)c2ccccc2n3-c2cc(F)ccn2)cc(OC)c1.[Pd+2]. The number of rotatable bonds is 6. The number of hydrogen-bond donors (Lipinski definition) is 0. The van der Waals surface area contributed by atoms with Gasteiger partial charge in [-0.2, -0.15) is 16.0 Å². The fraction of sp³-hybridized carbons (Fsp3) is 0.0286. The van der Waals surface area contributed by atoms with E-state index in [9.17, 15) is 9.65 Å². The maximum atomic E-state index is 14.2. The van der Waals surface area contributed by atoms with E-state index in [0.717, 1.165) is 16.3 Å². The third-order valence-corrected chi connectivity index (χ3v) is 7.12. The Labute approximate surface area is 271 Å². The summed E-state index contributed by atoms with van der Waals surface area (Å²) < 4.78 is 29.2. The van der Waals surface area contributed by atoms with Crippen molar-refractivity contribution < 1.29 is 34.3 Å². The van der Waals surface area contributed by atoms with Crippen LogP contribution >= 0.6 is 0 Å². The van der Waals surface area contributed by atoms with Gasteiger partial charge in [0.1, 0.15) is 17.7 Å². The minimum Gasteiger partial charge on any atom is -0.522 e. The molecule has 0 fully saturated rings. The fourth-order valence-corrected chi connectivity index (χ4v) is 5.23. The monoisotopic (exact) mass is 680 g/mol. The molecule has 0 radical (unpaired) electrons. The predicted molar refractivity (Wildman–Crippen MR) is 163 cm³/mol. The van der Waals surface area contributed by atoms with Gasteiger partial charge in [0, 0.05) is 46.3 Å². The molecule has 8 nitrogen and oxygen atoms in total. The largest absolute Gasteiger partial charge is 2.00 e. The van der Waals surface area contributed by atoms with E-state index < -0.39 is 5.82 Å². The Hall–Kier alpha value is -5.79. The molecule has 0 amide bonds. The van der Waals surface area contributed by atoms with Crippen LogP contribution in [0.25, 0.3) is 49.3 Å². The van der Waals surface area contributed by atoms with Crippen LogP contribution in [0.3, 0.4) is 0 Å². The second kappa shape index (κ2) is 12.1. The fourth-order valence-electron chi connectivity index (χ4n) is 5.23. The first-order valence-electron chi connectivity index (χ1n) is 13.4. The predicted octanol–water partition coefficient (Wildman–Crippen LogP) is 7.99. The first kappa shape index (κ1) is 29.3. The molecular weight excluding hydrogens is 662 g/mol. The molecule has 0 saturated carbocycles. The van der Waals surface area contributed by atoms with Gasteiger partial charge in [-0.1, -0.05) is 83.9 Å². The number of para-hydroxylation sites is 1. The number of nitrogens with zero attached hydrogens (tertiary/aromatic N) is 6. The van der Waals surface area contributed by atoms with E-state index >= 15 is 0 Å². The number of pyridine rings is 1. The number of ether oxygens (including phenoxy) is 2. The molecule has 0 atom stereocenters. The summed E-state index contributed by atoms with van der Waals surface area (Å²) in [6, 6.07) is 35.2. The van der Waals surface area contributed by atoms with Gasteiger partial charge in [-0.3, -0.25) is 0 Å². The Balaban J connectivity index is 0.00000357. The maximum Gasteiger partial charge on any atom is 2.00 e. The Morgan fingerprint density at radius 2 is 1.73 bits per heavy atom. The number of aromatic nitrogens is 4. The molecule has 0 aliphatic carbocycles. The van der Waals surface area contributed by atoms with E-state index in [0.29, 0.717) is 39.6 Å². The summed E-state index contributed by atoms with van der Waals surface area (Å²) in [6.45, 7) is 7.91. The number of fused-ring (bicyclic) bond motifs is 3. The summed E-state index contributed by atoms with van der Waals surface area (Å²) in [5.41, 5.74) is 3.09. The third kappa shape index (κ3) is 5.19. The Bertz CT molecular complexity index is 2300. The molecule has 3 heterocycles. The van der Waals surface area contributed by atoms with Crippen LogP contribution in [0.5, 0.6) is 17.2 Å². The molecule has 45 heavy (non-hydrogen) atoms.